The van der Waals surface area contributed by atoms with Crippen molar-refractivity contribution in [3.8, 4) is 45.3 Å². The highest BCUT2D eigenvalue weighted by Gasteiger charge is 2.15. The number of ether oxygens (including phenoxy) is 10. The summed E-state index contributed by atoms with van der Waals surface area (Å²) in [6, 6.07) is 42.4. The van der Waals surface area contributed by atoms with Crippen LogP contribution < -0.4 is 18.9 Å². The van der Waals surface area contributed by atoms with Crippen LogP contribution in [0.5, 0.6) is 23.0 Å². The van der Waals surface area contributed by atoms with Gasteiger partial charge in [0.15, 0.2) is 0 Å². The third-order valence-corrected chi connectivity index (χ3v) is 16.5. The Kier molecular flexibility index (Phi) is 41.9. The molecule has 18 heteroatoms. The fourth-order valence-electron chi connectivity index (χ4n) is 10.4. The smallest absolute Gasteiger partial charge is 0.343 e. The van der Waals surface area contributed by atoms with Crippen LogP contribution in [0, 0.1) is 0 Å². The van der Waals surface area contributed by atoms with Gasteiger partial charge in [-0.3, -0.25) is 9.59 Å². The zero-order chi connectivity index (χ0) is 74.8. The molecule has 0 atom stereocenters. The molecule has 0 bridgehead atoms. The van der Waals surface area contributed by atoms with Crippen LogP contribution in [0.25, 0.3) is 22.3 Å². The molecule has 6 aromatic carbocycles. The summed E-state index contributed by atoms with van der Waals surface area (Å²) in [6.45, 7) is 18.0. The summed E-state index contributed by atoms with van der Waals surface area (Å²) in [5.41, 5.74) is 6.24. The predicted molar refractivity (Wildman–Crippen MR) is 403 cm³/mol. The van der Waals surface area contributed by atoms with E-state index < -0.39 is 11.9 Å². The minimum Gasteiger partial charge on any atom is -0.494 e. The van der Waals surface area contributed by atoms with Crippen molar-refractivity contribution in [2.24, 2.45) is 0 Å². The van der Waals surface area contributed by atoms with Gasteiger partial charge in [0.05, 0.1) is 75.1 Å². The van der Waals surface area contributed by atoms with Crippen molar-refractivity contribution in [1.82, 2.24) is 0 Å². The van der Waals surface area contributed by atoms with Gasteiger partial charge >= 0.3 is 47.8 Å². The third-order valence-electron chi connectivity index (χ3n) is 16.5. The Morgan fingerprint density at radius 3 is 0.856 bits per heavy atom. The molecule has 0 radical (unpaired) electrons. The summed E-state index contributed by atoms with van der Waals surface area (Å²) < 4.78 is 54.2. The molecule has 0 N–H and O–H groups in total. The van der Waals surface area contributed by atoms with Gasteiger partial charge in [-0.25, -0.2) is 28.8 Å². The van der Waals surface area contributed by atoms with Gasteiger partial charge in [0, 0.05) is 24.0 Å². The van der Waals surface area contributed by atoms with Gasteiger partial charge in [0.25, 0.3) is 0 Å². The minimum atomic E-state index is -0.470. The number of rotatable bonds is 50. The van der Waals surface area contributed by atoms with E-state index in [1.807, 2.05) is 55.5 Å². The number of esters is 8. The van der Waals surface area contributed by atoms with Crippen molar-refractivity contribution < 1.29 is 85.7 Å². The second-order valence-electron chi connectivity index (χ2n) is 25.6. The van der Waals surface area contributed by atoms with E-state index in [4.69, 9.17) is 47.4 Å². The van der Waals surface area contributed by atoms with E-state index in [9.17, 15) is 38.4 Å². The Labute approximate surface area is 615 Å². The van der Waals surface area contributed by atoms with E-state index in [2.05, 4.69) is 20.1 Å². The number of unbranched alkanes of at least 4 members (excludes halogenated alkanes) is 18. The average Bonchev–Trinajstić information content (AvgIpc) is 0.838. The van der Waals surface area contributed by atoms with Gasteiger partial charge in [-0.1, -0.05) is 114 Å². The van der Waals surface area contributed by atoms with Gasteiger partial charge in [0.2, 0.25) is 0 Å². The molecule has 0 saturated carbocycles. The lowest BCUT2D eigenvalue weighted by Gasteiger charge is -2.09. The van der Waals surface area contributed by atoms with Crippen molar-refractivity contribution in [3.05, 3.63) is 192 Å². The molecule has 0 aliphatic carbocycles. The molecule has 0 aliphatic rings. The van der Waals surface area contributed by atoms with Crippen molar-refractivity contribution in [3.63, 3.8) is 0 Å². The lowest BCUT2D eigenvalue weighted by atomic mass is 10.0. The molecule has 0 fully saturated rings. The molecule has 0 aliphatic heterocycles. The molecule has 0 spiro atoms. The molecule has 0 aromatic heterocycles. The van der Waals surface area contributed by atoms with Crippen LogP contribution in [-0.2, 0) is 47.6 Å². The summed E-state index contributed by atoms with van der Waals surface area (Å²) in [7, 11) is 0. The lowest BCUT2D eigenvalue weighted by molar-refractivity contribution is -0.144. The van der Waals surface area contributed by atoms with Crippen molar-refractivity contribution in [1.29, 1.82) is 0 Å². The Balaban J connectivity index is 0.000000376. The predicted octanol–water partition coefficient (Wildman–Crippen LogP) is 19.7. The maximum absolute atomic E-state index is 12.7. The molecule has 0 saturated heterocycles. The fraction of sp³-hybridized carbons (Fsp3) is 0.442. The zero-order valence-corrected chi connectivity index (χ0v) is 61.7. The van der Waals surface area contributed by atoms with Crippen LogP contribution in [0.3, 0.4) is 0 Å². The molecule has 0 amide bonds. The summed E-state index contributed by atoms with van der Waals surface area (Å²) in [5, 5.41) is 0. The Morgan fingerprint density at radius 2 is 0.519 bits per heavy atom. The number of carbonyl (C=O) groups excluding carboxylic acids is 8. The van der Waals surface area contributed by atoms with Crippen LogP contribution in [0.2, 0.25) is 0 Å². The van der Waals surface area contributed by atoms with Crippen LogP contribution in [0.4, 0.5) is 0 Å². The molecule has 0 unspecified atom stereocenters. The highest BCUT2D eigenvalue weighted by molar-refractivity contribution is 5.93. The number of hydrogen-bond donors (Lipinski definition) is 0. The Bertz CT molecular complexity index is 3520. The van der Waals surface area contributed by atoms with E-state index in [1.54, 1.807) is 111 Å². The molecule has 560 valence electrons. The summed E-state index contributed by atoms with van der Waals surface area (Å²) >= 11 is 0. The van der Waals surface area contributed by atoms with Crippen LogP contribution in [0.1, 0.15) is 236 Å². The topological polar surface area (TPSA) is 229 Å². The fourth-order valence-corrected chi connectivity index (χ4v) is 10.4. The van der Waals surface area contributed by atoms with Crippen molar-refractivity contribution in [2.75, 3.05) is 52.9 Å². The Hall–Kier alpha value is -9.84. The maximum Gasteiger partial charge on any atom is 0.343 e. The number of carbonyl (C=O) groups is 8. The first-order valence-electron chi connectivity index (χ1n) is 37.1. The lowest BCUT2D eigenvalue weighted by Crippen LogP contribution is -2.08. The zero-order valence-electron chi connectivity index (χ0n) is 61.7. The first-order valence-corrected chi connectivity index (χ1v) is 37.1. The minimum absolute atomic E-state index is 0.102. The monoisotopic (exact) mass is 1430 g/mol. The molecular formula is C86H108O18. The van der Waals surface area contributed by atoms with Crippen LogP contribution in [-0.4, -0.2) is 101 Å². The highest BCUT2D eigenvalue weighted by Crippen LogP contribution is 2.27. The first-order chi connectivity index (χ1) is 50.5. The normalized spacial score (nSPS) is 10.7. The summed E-state index contributed by atoms with van der Waals surface area (Å²) in [6.07, 6.45) is 23.9. The summed E-state index contributed by atoms with van der Waals surface area (Å²) in [5.74, 6) is -0.437. The molecular weight excluding hydrogens is 1320 g/mol. The van der Waals surface area contributed by atoms with Gasteiger partial charge in [-0.15, -0.1) is 0 Å². The second-order valence-corrected chi connectivity index (χ2v) is 25.6. The second kappa shape index (κ2) is 51.3. The number of benzene rings is 6. The number of hydrogen-bond acceptors (Lipinski definition) is 18. The van der Waals surface area contributed by atoms with Crippen molar-refractivity contribution >= 4 is 47.8 Å². The van der Waals surface area contributed by atoms with Crippen LogP contribution >= 0.6 is 0 Å². The first kappa shape index (κ1) is 84.8. The molecule has 18 nitrogen and oxygen atoms in total. The molecule has 104 heavy (non-hydrogen) atoms. The standard InChI is InChI=1S/C46H60O9.C40H48O9/c1-4-5-6-7-8-9-14-19-43(47)52-33-16-11-13-18-35-54-45(49)39-22-20-37(21-23-39)38-24-30-42(31-25-38)55-46(50)40-26-28-41(29-27-40)51-32-15-10-12-17-34-53-44(48)36(2)3;1-4-13-37(41)46-27-10-6-8-12-29-48-39(43)33-16-14-31(15-17-33)32-18-24-36(25-19-32)49-40(44)34-20-22-35(23-21-34)45-26-9-5-7-11-28-47-38(42)30(2)3/h20-31H,2,4-19,32-35H2,1,3H3;14-25H,2,4-13,26-29H2,1,3H3. The largest absolute Gasteiger partial charge is 0.494 e. The van der Waals surface area contributed by atoms with E-state index >= 15 is 0 Å². The van der Waals surface area contributed by atoms with Gasteiger partial charge in [-0.05, 0) is 249 Å². The van der Waals surface area contributed by atoms with Gasteiger partial charge < -0.3 is 47.4 Å². The van der Waals surface area contributed by atoms with Crippen LogP contribution in [0.15, 0.2) is 170 Å². The SMILES string of the molecule is C=C(C)C(=O)OCCCCCCOc1ccc(C(=O)Oc2ccc(-c3ccc(C(=O)OCCCCCCOC(=O)CCC)cc3)cc2)cc1.C=C(C)C(=O)OCCCCCCOc1ccc(C(=O)Oc2ccc(-c3ccc(C(=O)OCCCCCCOC(=O)CCCCCCCCC)cc3)cc2)cc1. The van der Waals surface area contributed by atoms with Crippen molar-refractivity contribution in [2.45, 2.75) is 195 Å². The maximum atomic E-state index is 12.7. The Morgan fingerprint density at radius 1 is 0.260 bits per heavy atom. The van der Waals surface area contributed by atoms with E-state index in [0.29, 0.717) is 122 Å². The third kappa shape index (κ3) is 35.9. The summed E-state index contributed by atoms with van der Waals surface area (Å²) in [4.78, 5) is 96.3. The van der Waals surface area contributed by atoms with E-state index in [-0.39, 0.29) is 35.8 Å². The molecule has 6 aromatic rings. The quantitative estimate of drug-likeness (QED) is 0.0114. The molecule has 6 rings (SSSR count). The van der Waals surface area contributed by atoms with E-state index in [1.165, 1.54) is 32.1 Å². The highest BCUT2D eigenvalue weighted by atomic mass is 16.6. The van der Waals surface area contributed by atoms with E-state index in [0.717, 1.165) is 144 Å². The molecule has 0 heterocycles. The van der Waals surface area contributed by atoms with Gasteiger partial charge in [0.1, 0.15) is 23.0 Å². The van der Waals surface area contributed by atoms with Gasteiger partial charge in [-0.2, -0.15) is 0 Å². The average molecular weight is 1430 g/mol.